The van der Waals surface area contributed by atoms with Crippen molar-refractivity contribution in [2.45, 2.75) is 63.6 Å². The Bertz CT molecular complexity index is 410. The summed E-state index contributed by atoms with van der Waals surface area (Å²) < 4.78 is 11.0. The molecule has 3 aliphatic rings. The Balaban J connectivity index is 1.89. The first-order valence-corrected chi connectivity index (χ1v) is 7.30. The van der Waals surface area contributed by atoms with Crippen LogP contribution in [0.4, 0.5) is 0 Å². The van der Waals surface area contributed by atoms with Crippen LogP contribution in [0.1, 0.15) is 51.9 Å². The van der Waals surface area contributed by atoms with Crippen LogP contribution in [-0.4, -0.2) is 30.6 Å². The third-order valence-electron chi connectivity index (χ3n) is 5.69. The molecule has 1 spiro atoms. The first kappa shape index (κ1) is 13.1. The molecule has 3 atom stereocenters. The van der Waals surface area contributed by atoms with E-state index in [-0.39, 0.29) is 22.9 Å². The van der Waals surface area contributed by atoms with Gasteiger partial charge in [-0.2, -0.15) is 0 Å². The lowest BCUT2D eigenvalue weighted by molar-refractivity contribution is -0.232. The van der Waals surface area contributed by atoms with Crippen LogP contribution in [0.15, 0.2) is 0 Å². The van der Waals surface area contributed by atoms with Crippen LogP contribution in [0, 0.1) is 11.3 Å². The summed E-state index contributed by atoms with van der Waals surface area (Å²) in [6.45, 7) is 2.08. The highest BCUT2D eigenvalue weighted by atomic mass is 16.5. The van der Waals surface area contributed by atoms with Gasteiger partial charge in [-0.05, 0) is 38.0 Å². The number of Topliss-reactive ketones (excluding diaryl/α,β-unsaturated/α-hetero) is 1. The van der Waals surface area contributed by atoms with Gasteiger partial charge in [-0.3, -0.25) is 9.59 Å². The lowest BCUT2D eigenvalue weighted by Gasteiger charge is -2.56. The number of fused-ring (bicyclic) bond motifs is 3. The van der Waals surface area contributed by atoms with Crippen LogP contribution >= 0.6 is 0 Å². The maximum atomic E-state index is 12.4. The van der Waals surface area contributed by atoms with Crippen molar-refractivity contribution >= 4 is 11.8 Å². The third kappa shape index (κ3) is 1.76. The highest BCUT2D eigenvalue weighted by Gasteiger charge is 2.60. The molecule has 2 aliphatic heterocycles. The largest absolute Gasteiger partial charge is 0.468 e. The Morgan fingerprint density at radius 3 is 2.63 bits per heavy atom. The van der Waals surface area contributed by atoms with Crippen LogP contribution in [-0.2, 0) is 19.1 Å². The van der Waals surface area contributed by atoms with E-state index in [2.05, 4.69) is 6.92 Å². The summed E-state index contributed by atoms with van der Waals surface area (Å²) in [5, 5.41) is 0. The minimum Gasteiger partial charge on any atom is -0.468 e. The van der Waals surface area contributed by atoms with Gasteiger partial charge in [0.2, 0.25) is 0 Å². The molecule has 3 fully saturated rings. The SMILES string of the molecule is COC(=O)C1C(=O)C[C@]2(C)O[C@H]1CCC21CCCC1. The van der Waals surface area contributed by atoms with E-state index in [0.29, 0.717) is 6.42 Å². The molecule has 1 saturated carbocycles. The average Bonchev–Trinajstić information content (AvgIpc) is 2.84. The molecule has 0 aromatic carbocycles. The number of hydrogen-bond donors (Lipinski definition) is 0. The van der Waals surface area contributed by atoms with Crippen molar-refractivity contribution in [2.24, 2.45) is 11.3 Å². The molecule has 2 heterocycles. The summed E-state index contributed by atoms with van der Waals surface area (Å²) in [4.78, 5) is 24.1. The maximum absolute atomic E-state index is 12.4. The predicted molar refractivity (Wildman–Crippen MR) is 68.5 cm³/mol. The summed E-state index contributed by atoms with van der Waals surface area (Å²) in [6, 6.07) is 0. The molecular weight excluding hydrogens is 244 g/mol. The molecular formula is C15H22O4. The summed E-state index contributed by atoms with van der Waals surface area (Å²) in [7, 11) is 1.34. The van der Waals surface area contributed by atoms with Crippen molar-refractivity contribution in [1.82, 2.24) is 0 Å². The highest BCUT2D eigenvalue weighted by Crippen LogP contribution is 2.58. The van der Waals surface area contributed by atoms with E-state index in [1.807, 2.05) is 0 Å². The van der Waals surface area contributed by atoms with E-state index in [1.54, 1.807) is 0 Å². The fraction of sp³-hybridized carbons (Fsp3) is 0.867. The molecule has 0 N–H and O–H groups in total. The Morgan fingerprint density at radius 1 is 1.32 bits per heavy atom. The topological polar surface area (TPSA) is 52.6 Å². The summed E-state index contributed by atoms with van der Waals surface area (Å²) >= 11 is 0. The summed E-state index contributed by atoms with van der Waals surface area (Å²) in [5.74, 6) is -1.12. The van der Waals surface area contributed by atoms with Crippen LogP contribution in [0.3, 0.4) is 0 Å². The number of methoxy groups -OCH3 is 1. The second-order valence-corrected chi connectivity index (χ2v) is 6.56. The van der Waals surface area contributed by atoms with Crippen molar-refractivity contribution < 1.29 is 19.1 Å². The van der Waals surface area contributed by atoms with E-state index >= 15 is 0 Å². The van der Waals surface area contributed by atoms with Crippen molar-refractivity contribution in [2.75, 3.05) is 7.11 Å². The van der Waals surface area contributed by atoms with E-state index in [9.17, 15) is 9.59 Å². The Labute approximate surface area is 113 Å². The molecule has 19 heavy (non-hydrogen) atoms. The van der Waals surface area contributed by atoms with E-state index < -0.39 is 11.9 Å². The highest BCUT2D eigenvalue weighted by molar-refractivity contribution is 6.00. The number of ketones is 1. The zero-order valence-corrected chi connectivity index (χ0v) is 11.7. The normalized spacial score (nSPS) is 40.4. The van der Waals surface area contributed by atoms with Gasteiger partial charge in [-0.15, -0.1) is 0 Å². The van der Waals surface area contributed by atoms with E-state index in [1.165, 1.54) is 20.0 Å². The van der Waals surface area contributed by atoms with Gasteiger partial charge in [-0.1, -0.05) is 12.8 Å². The number of ether oxygens (including phenoxy) is 2. The molecule has 2 saturated heterocycles. The van der Waals surface area contributed by atoms with Crippen LogP contribution in [0.5, 0.6) is 0 Å². The molecule has 0 amide bonds. The standard InChI is InChI=1S/C15H22O4/c1-14-9-10(16)12(13(17)18-2)11(19-14)5-8-15(14)6-3-4-7-15/h11-12H,3-9H2,1-2H3/t11-,12?,14-/m0/s1. The Hall–Kier alpha value is -0.900. The Morgan fingerprint density at radius 2 is 2.00 bits per heavy atom. The molecule has 0 aromatic heterocycles. The van der Waals surface area contributed by atoms with Gasteiger partial charge >= 0.3 is 5.97 Å². The molecule has 2 bridgehead atoms. The van der Waals surface area contributed by atoms with Crippen molar-refractivity contribution in [3.8, 4) is 0 Å². The number of carbonyl (C=O) groups excluding carboxylic acids is 2. The van der Waals surface area contributed by atoms with Gasteiger partial charge < -0.3 is 9.47 Å². The molecule has 4 nitrogen and oxygen atoms in total. The van der Waals surface area contributed by atoms with Crippen molar-refractivity contribution in [3.63, 3.8) is 0 Å². The third-order valence-corrected chi connectivity index (χ3v) is 5.69. The predicted octanol–water partition coefficient (Wildman–Crippen LogP) is 2.25. The lowest BCUT2D eigenvalue weighted by atomic mass is 9.60. The molecule has 4 heteroatoms. The Kier molecular flexibility index (Phi) is 2.97. The fourth-order valence-electron chi connectivity index (χ4n) is 4.56. The summed E-state index contributed by atoms with van der Waals surface area (Å²) in [5.41, 5.74) is -0.200. The smallest absolute Gasteiger partial charge is 0.318 e. The van der Waals surface area contributed by atoms with Gasteiger partial charge in [0.1, 0.15) is 5.92 Å². The second-order valence-electron chi connectivity index (χ2n) is 6.56. The fourth-order valence-corrected chi connectivity index (χ4v) is 4.56. The first-order valence-electron chi connectivity index (χ1n) is 7.30. The van der Waals surface area contributed by atoms with Gasteiger partial charge in [-0.25, -0.2) is 0 Å². The van der Waals surface area contributed by atoms with Crippen molar-refractivity contribution in [1.29, 1.82) is 0 Å². The molecule has 0 radical (unpaired) electrons. The van der Waals surface area contributed by atoms with Crippen LogP contribution in [0.25, 0.3) is 0 Å². The van der Waals surface area contributed by atoms with Crippen LogP contribution in [0.2, 0.25) is 0 Å². The molecule has 0 aromatic rings. The van der Waals surface area contributed by atoms with E-state index in [0.717, 1.165) is 25.7 Å². The second kappa shape index (κ2) is 4.30. The first-order chi connectivity index (χ1) is 9.01. The zero-order valence-electron chi connectivity index (χ0n) is 11.7. The minimum absolute atomic E-state index is 0.0107. The number of hydrogen-bond acceptors (Lipinski definition) is 4. The number of carbonyl (C=O) groups is 2. The molecule has 106 valence electrons. The molecule has 1 unspecified atom stereocenters. The minimum atomic E-state index is -0.697. The summed E-state index contributed by atoms with van der Waals surface area (Å²) in [6.07, 6.45) is 6.76. The van der Waals surface area contributed by atoms with Crippen molar-refractivity contribution in [3.05, 3.63) is 0 Å². The number of esters is 1. The van der Waals surface area contributed by atoms with E-state index in [4.69, 9.17) is 9.47 Å². The van der Waals surface area contributed by atoms with Gasteiger partial charge in [0.05, 0.1) is 18.8 Å². The maximum Gasteiger partial charge on any atom is 0.318 e. The molecule has 1 aliphatic carbocycles. The quantitative estimate of drug-likeness (QED) is 0.539. The monoisotopic (exact) mass is 266 g/mol. The van der Waals surface area contributed by atoms with Gasteiger partial charge in [0.15, 0.2) is 5.78 Å². The van der Waals surface area contributed by atoms with Crippen LogP contribution < -0.4 is 0 Å². The zero-order chi connectivity index (χ0) is 13.7. The molecule has 3 rings (SSSR count). The van der Waals surface area contributed by atoms with Gasteiger partial charge in [0.25, 0.3) is 0 Å². The average molecular weight is 266 g/mol. The number of rotatable bonds is 1. The lowest BCUT2D eigenvalue weighted by Crippen LogP contribution is -2.61. The van der Waals surface area contributed by atoms with Gasteiger partial charge in [0, 0.05) is 6.42 Å².